The van der Waals surface area contributed by atoms with E-state index >= 15 is 0 Å². The molecule has 0 spiro atoms. The Hall–Kier alpha value is -2.48. The van der Waals surface area contributed by atoms with E-state index in [1.165, 1.54) is 11.3 Å². The molecule has 1 aliphatic heterocycles. The third-order valence-corrected chi connectivity index (χ3v) is 8.59. The third kappa shape index (κ3) is 4.37. The summed E-state index contributed by atoms with van der Waals surface area (Å²) in [6, 6.07) is 15.7. The van der Waals surface area contributed by atoms with E-state index in [0.29, 0.717) is 23.7 Å². The van der Waals surface area contributed by atoms with Gasteiger partial charge in [0.25, 0.3) is 0 Å². The fourth-order valence-electron chi connectivity index (χ4n) is 4.56. The van der Waals surface area contributed by atoms with Crippen molar-refractivity contribution in [1.29, 1.82) is 0 Å². The molecular formula is C25H22ClN3O2S2. The quantitative estimate of drug-likeness (QED) is 0.306. The summed E-state index contributed by atoms with van der Waals surface area (Å²) in [7, 11) is 0. The summed E-state index contributed by atoms with van der Waals surface area (Å²) in [6.45, 7) is 2.03. The van der Waals surface area contributed by atoms with E-state index in [-0.39, 0.29) is 24.0 Å². The molecule has 1 atom stereocenters. The number of aryl methyl sites for hydroxylation is 1. The molecule has 2 heterocycles. The summed E-state index contributed by atoms with van der Waals surface area (Å²) in [5.41, 5.74) is 4.76. The van der Waals surface area contributed by atoms with Gasteiger partial charge in [0.05, 0.1) is 0 Å². The first kappa shape index (κ1) is 22.3. The van der Waals surface area contributed by atoms with Crippen molar-refractivity contribution in [3.8, 4) is 0 Å². The molecule has 5 nitrogen and oxygen atoms in total. The van der Waals surface area contributed by atoms with Gasteiger partial charge in [0.2, 0.25) is 11.0 Å². The number of Topliss-reactive ketones (excluding diaryl/α,β-unsaturated/α-hetero) is 1. The second-order valence-electron chi connectivity index (χ2n) is 8.21. The number of halogens is 1. The highest BCUT2D eigenvalue weighted by Crippen LogP contribution is 2.45. The first-order valence-electron chi connectivity index (χ1n) is 10.9. The minimum absolute atomic E-state index is 0.0319. The molecule has 0 N–H and O–H groups in total. The topological polar surface area (TPSA) is 63.2 Å². The number of rotatable bonds is 5. The molecule has 33 heavy (non-hydrogen) atoms. The second kappa shape index (κ2) is 9.41. The molecule has 0 bridgehead atoms. The van der Waals surface area contributed by atoms with Crippen molar-refractivity contribution >= 4 is 51.5 Å². The van der Waals surface area contributed by atoms with Gasteiger partial charge in [-0.3, -0.25) is 14.5 Å². The lowest BCUT2D eigenvalue weighted by molar-refractivity contribution is -0.119. The fourth-order valence-corrected chi connectivity index (χ4v) is 6.73. The van der Waals surface area contributed by atoms with Crippen molar-refractivity contribution in [2.24, 2.45) is 0 Å². The Morgan fingerprint density at radius 1 is 1.09 bits per heavy atom. The lowest BCUT2D eigenvalue weighted by Crippen LogP contribution is -2.40. The molecule has 0 saturated carbocycles. The van der Waals surface area contributed by atoms with E-state index in [2.05, 4.69) is 10.2 Å². The minimum Gasteiger partial charge on any atom is -0.294 e. The van der Waals surface area contributed by atoms with Gasteiger partial charge in [-0.15, -0.1) is 10.2 Å². The molecule has 1 amide bonds. The van der Waals surface area contributed by atoms with Crippen molar-refractivity contribution in [2.75, 3.05) is 4.90 Å². The highest BCUT2D eigenvalue weighted by molar-refractivity contribution is 8.00. The number of nitrogens with zero attached hydrogens (tertiary/aromatic N) is 3. The average Bonchev–Trinajstić information content (AvgIpc) is 3.27. The van der Waals surface area contributed by atoms with E-state index in [1.54, 1.807) is 16.7 Å². The maximum absolute atomic E-state index is 13.4. The summed E-state index contributed by atoms with van der Waals surface area (Å²) < 4.78 is 0.767. The van der Waals surface area contributed by atoms with Crippen LogP contribution in [0.3, 0.4) is 0 Å². The molecule has 3 aromatic rings. The number of anilines is 1. The Balaban J connectivity index is 1.46. The minimum atomic E-state index is -0.195. The van der Waals surface area contributed by atoms with E-state index < -0.39 is 0 Å². The van der Waals surface area contributed by atoms with Crippen LogP contribution in [0.25, 0.3) is 0 Å². The number of aromatic nitrogens is 2. The molecule has 2 aromatic carbocycles. The molecule has 1 aliphatic carbocycles. The Kier molecular flexibility index (Phi) is 6.36. The maximum Gasteiger partial charge on any atom is 0.234 e. The van der Waals surface area contributed by atoms with Crippen molar-refractivity contribution in [1.82, 2.24) is 10.2 Å². The van der Waals surface area contributed by atoms with Crippen molar-refractivity contribution in [3.05, 3.63) is 81.5 Å². The zero-order chi connectivity index (χ0) is 22.9. The Morgan fingerprint density at radius 2 is 1.88 bits per heavy atom. The number of carbonyl (C=O) groups excluding carboxylic acids is 2. The Labute approximate surface area is 205 Å². The molecule has 168 valence electrons. The van der Waals surface area contributed by atoms with Gasteiger partial charge >= 0.3 is 0 Å². The molecule has 8 heteroatoms. The van der Waals surface area contributed by atoms with Crippen LogP contribution in [0.4, 0.5) is 5.13 Å². The highest BCUT2D eigenvalue weighted by atomic mass is 35.5. The van der Waals surface area contributed by atoms with Crippen LogP contribution in [0.5, 0.6) is 0 Å². The molecule has 0 fully saturated rings. The van der Waals surface area contributed by atoms with Gasteiger partial charge in [-0.1, -0.05) is 77.2 Å². The average molecular weight is 496 g/mol. The number of amides is 1. The van der Waals surface area contributed by atoms with E-state index in [9.17, 15) is 9.59 Å². The molecule has 0 radical (unpaired) electrons. The van der Waals surface area contributed by atoms with Gasteiger partial charge in [-0.2, -0.15) is 0 Å². The molecule has 0 unspecified atom stereocenters. The van der Waals surface area contributed by atoms with Crippen molar-refractivity contribution in [2.45, 2.75) is 48.6 Å². The normalized spacial score (nSPS) is 18.6. The molecule has 1 aromatic heterocycles. The predicted octanol–water partition coefficient (Wildman–Crippen LogP) is 6.32. The number of hydrogen-bond acceptors (Lipinski definition) is 6. The number of benzene rings is 2. The monoisotopic (exact) mass is 495 g/mol. The second-order valence-corrected chi connectivity index (χ2v) is 10.8. The Bertz CT molecular complexity index is 1270. The fraction of sp³-hybridized carbons (Fsp3) is 0.280. The summed E-state index contributed by atoms with van der Waals surface area (Å²) in [5, 5.41) is 9.89. The lowest BCUT2D eigenvalue weighted by atomic mass is 9.76. The first-order valence-corrected chi connectivity index (χ1v) is 13.1. The molecular weight excluding hydrogens is 474 g/mol. The molecule has 0 saturated heterocycles. The molecule has 2 aliphatic rings. The predicted molar refractivity (Wildman–Crippen MR) is 133 cm³/mol. The van der Waals surface area contributed by atoms with Gasteiger partial charge in [0.1, 0.15) is 0 Å². The summed E-state index contributed by atoms with van der Waals surface area (Å²) in [6.07, 6.45) is 2.22. The van der Waals surface area contributed by atoms with Crippen LogP contribution in [0, 0.1) is 6.92 Å². The standard InChI is InChI=1S/C25H22ClN3O2S2/c1-15-7-2-4-9-17(15)18-13-22(31)29(20-11-6-12-21(30)23(18)20)24-27-28-25(33-24)32-14-16-8-3-5-10-19(16)26/h2-5,7-10,18H,6,11-14H2,1H3/t18-/m0/s1. The molecule has 5 rings (SSSR count). The van der Waals surface area contributed by atoms with Gasteiger partial charge in [-0.05, 0) is 42.5 Å². The largest absolute Gasteiger partial charge is 0.294 e. The van der Waals surface area contributed by atoms with Gasteiger partial charge < -0.3 is 0 Å². The van der Waals surface area contributed by atoms with E-state index in [0.717, 1.165) is 43.7 Å². The van der Waals surface area contributed by atoms with Crippen LogP contribution >= 0.6 is 34.7 Å². The third-order valence-electron chi connectivity index (χ3n) is 6.14. The smallest absolute Gasteiger partial charge is 0.234 e. The van der Waals surface area contributed by atoms with Gasteiger partial charge in [0.15, 0.2) is 10.1 Å². The van der Waals surface area contributed by atoms with Crippen LogP contribution < -0.4 is 4.90 Å². The summed E-state index contributed by atoms with van der Waals surface area (Å²) >= 11 is 9.19. The zero-order valence-corrected chi connectivity index (χ0v) is 20.5. The number of hydrogen-bond donors (Lipinski definition) is 0. The summed E-state index contributed by atoms with van der Waals surface area (Å²) in [5.74, 6) is 0.583. The number of carbonyl (C=O) groups is 2. The maximum atomic E-state index is 13.4. The van der Waals surface area contributed by atoms with Crippen LogP contribution in [0.2, 0.25) is 5.02 Å². The number of ketones is 1. The van der Waals surface area contributed by atoms with E-state index in [1.807, 2.05) is 55.5 Å². The van der Waals surface area contributed by atoms with Crippen LogP contribution in [-0.4, -0.2) is 21.9 Å². The first-order chi connectivity index (χ1) is 16.0. The van der Waals surface area contributed by atoms with Crippen LogP contribution in [0.15, 0.2) is 64.1 Å². The van der Waals surface area contributed by atoms with Crippen LogP contribution in [0.1, 0.15) is 48.3 Å². The Morgan fingerprint density at radius 3 is 2.70 bits per heavy atom. The zero-order valence-electron chi connectivity index (χ0n) is 18.1. The summed E-state index contributed by atoms with van der Waals surface area (Å²) in [4.78, 5) is 28.1. The van der Waals surface area contributed by atoms with E-state index in [4.69, 9.17) is 11.6 Å². The SMILES string of the molecule is Cc1ccccc1[C@@H]1CC(=O)N(c2nnc(SCc3ccccc3Cl)s2)C2=C1C(=O)CCC2. The van der Waals surface area contributed by atoms with Crippen molar-refractivity contribution < 1.29 is 9.59 Å². The van der Waals surface area contributed by atoms with Gasteiger partial charge in [0, 0.05) is 40.8 Å². The highest BCUT2D eigenvalue weighted by Gasteiger charge is 2.41. The van der Waals surface area contributed by atoms with Gasteiger partial charge in [-0.25, -0.2) is 0 Å². The van der Waals surface area contributed by atoms with Crippen molar-refractivity contribution in [3.63, 3.8) is 0 Å². The van der Waals surface area contributed by atoms with Crippen LogP contribution in [-0.2, 0) is 15.3 Å². The number of allylic oxidation sites excluding steroid dienone is 2. The number of thioether (sulfide) groups is 1. The lowest BCUT2D eigenvalue weighted by Gasteiger charge is -2.37.